The molecular formula is C22H28N4O3. The number of aryl methyl sites for hydroxylation is 1. The average Bonchev–Trinajstić information content (AvgIpc) is 2.70. The Kier molecular flexibility index (Phi) is 8.36. The van der Waals surface area contributed by atoms with E-state index in [-0.39, 0.29) is 12.5 Å². The third-order valence-electron chi connectivity index (χ3n) is 4.47. The summed E-state index contributed by atoms with van der Waals surface area (Å²) < 4.78 is 0. The highest BCUT2D eigenvalue weighted by Crippen LogP contribution is 2.22. The van der Waals surface area contributed by atoms with Crippen LogP contribution in [0.4, 0.5) is 10.5 Å². The van der Waals surface area contributed by atoms with Gasteiger partial charge in [-0.05, 0) is 37.1 Å². The highest BCUT2D eigenvalue weighted by atomic mass is 16.2. The molecule has 4 amide bonds. The lowest BCUT2D eigenvalue weighted by atomic mass is 10.0. The minimum Gasteiger partial charge on any atom is -0.341 e. The first-order chi connectivity index (χ1) is 14.0. The second-order valence-electron chi connectivity index (χ2n) is 6.72. The van der Waals surface area contributed by atoms with Gasteiger partial charge in [0, 0.05) is 12.7 Å². The molecule has 0 saturated heterocycles. The van der Waals surface area contributed by atoms with Gasteiger partial charge in [0.25, 0.3) is 0 Å². The number of carbonyl (C=O) groups excluding carboxylic acids is 3. The van der Waals surface area contributed by atoms with E-state index in [0.717, 1.165) is 17.7 Å². The molecule has 1 atom stereocenters. The Bertz CT molecular complexity index is 839. The smallest absolute Gasteiger partial charge is 0.321 e. The minimum atomic E-state index is -0.768. The number of hydrogen-bond donors (Lipinski definition) is 3. The molecule has 0 aliphatic rings. The van der Waals surface area contributed by atoms with Crippen molar-refractivity contribution in [2.45, 2.75) is 26.3 Å². The van der Waals surface area contributed by atoms with Gasteiger partial charge >= 0.3 is 6.03 Å². The van der Waals surface area contributed by atoms with E-state index in [1.807, 2.05) is 68.4 Å². The maximum absolute atomic E-state index is 12.9. The van der Waals surface area contributed by atoms with Crippen molar-refractivity contribution in [2.24, 2.45) is 0 Å². The largest absolute Gasteiger partial charge is 0.341 e. The van der Waals surface area contributed by atoms with Crippen LogP contribution in [0.5, 0.6) is 0 Å². The second-order valence-corrected chi connectivity index (χ2v) is 6.72. The number of benzene rings is 2. The summed E-state index contributed by atoms with van der Waals surface area (Å²) in [6, 6.07) is 15.3. The van der Waals surface area contributed by atoms with Crippen molar-refractivity contribution in [3.8, 4) is 0 Å². The molecule has 154 valence electrons. The summed E-state index contributed by atoms with van der Waals surface area (Å²) in [5.41, 5.74) is 2.41. The Morgan fingerprint density at radius 3 is 2.28 bits per heavy atom. The highest BCUT2D eigenvalue weighted by molar-refractivity contribution is 5.98. The molecule has 0 bridgehead atoms. The predicted octanol–water partition coefficient (Wildman–Crippen LogP) is 2.84. The van der Waals surface area contributed by atoms with Crippen LogP contribution in [0.25, 0.3) is 0 Å². The minimum absolute atomic E-state index is 0.0168. The molecule has 2 aromatic carbocycles. The Morgan fingerprint density at radius 2 is 1.66 bits per heavy atom. The van der Waals surface area contributed by atoms with E-state index >= 15 is 0 Å². The molecule has 0 aromatic heterocycles. The molecule has 2 rings (SSSR count). The van der Waals surface area contributed by atoms with Gasteiger partial charge in [-0.3, -0.25) is 19.8 Å². The normalized spacial score (nSPS) is 11.6. The van der Waals surface area contributed by atoms with E-state index in [2.05, 4.69) is 16.0 Å². The number of anilines is 1. The van der Waals surface area contributed by atoms with Crippen molar-refractivity contribution < 1.29 is 14.4 Å². The van der Waals surface area contributed by atoms with Gasteiger partial charge in [-0.1, -0.05) is 55.5 Å². The number of hydrogen-bond acceptors (Lipinski definition) is 4. The van der Waals surface area contributed by atoms with Crippen molar-refractivity contribution >= 4 is 23.5 Å². The summed E-state index contributed by atoms with van der Waals surface area (Å²) in [6.45, 7) is 4.43. The van der Waals surface area contributed by atoms with E-state index < -0.39 is 18.0 Å². The van der Waals surface area contributed by atoms with Gasteiger partial charge in [0.15, 0.2) is 0 Å². The van der Waals surface area contributed by atoms with Gasteiger partial charge in [-0.2, -0.15) is 0 Å². The molecule has 1 unspecified atom stereocenters. The second kappa shape index (κ2) is 11.0. The van der Waals surface area contributed by atoms with Gasteiger partial charge < -0.3 is 10.6 Å². The quantitative estimate of drug-likeness (QED) is 0.640. The summed E-state index contributed by atoms with van der Waals surface area (Å²) in [6.07, 6.45) is 0.744. The number of nitrogens with one attached hydrogen (secondary N) is 3. The molecule has 7 heteroatoms. The molecule has 0 aliphatic heterocycles. The standard InChI is InChI=1S/C22H28N4O3/c1-4-14-26(15-19(27)24-18-13-9-8-10-16(18)2)20(17-11-6-5-7-12-17)21(28)25-22(29)23-3/h5-13,20H,4,14-15H2,1-3H3,(H,24,27)(H2,23,25,28,29). The van der Waals surface area contributed by atoms with E-state index in [1.54, 1.807) is 4.90 Å². The van der Waals surface area contributed by atoms with Crippen LogP contribution in [-0.4, -0.2) is 42.9 Å². The molecule has 7 nitrogen and oxygen atoms in total. The number of nitrogens with zero attached hydrogens (tertiary/aromatic N) is 1. The van der Waals surface area contributed by atoms with E-state index in [1.165, 1.54) is 7.05 Å². The number of imide groups is 1. The number of amides is 4. The fourth-order valence-corrected chi connectivity index (χ4v) is 3.08. The van der Waals surface area contributed by atoms with E-state index in [4.69, 9.17) is 0 Å². The maximum Gasteiger partial charge on any atom is 0.321 e. The lowest BCUT2D eigenvalue weighted by Crippen LogP contribution is -2.47. The molecule has 0 spiro atoms. The first-order valence-electron chi connectivity index (χ1n) is 9.63. The van der Waals surface area contributed by atoms with Gasteiger partial charge in [0.2, 0.25) is 11.8 Å². The van der Waals surface area contributed by atoms with Crippen LogP contribution in [0.1, 0.15) is 30.5 Å². The zero-order valence-electron chi connectivity index (χ0n) is 17.1. The van der Waals surface area contributed by atoms with Crippen LogP contribution in [0.3, 0.4) is 0 Å². The molecular weight excluding hydrogens is 368 g/mol. The molecule has 2 aromatic rings. The zero-order valence-corrected chi connectivity index (χ0v) is 17.1. The Morgan fingerprint density at radius 1 is 1.00 bits per heavy atom. The SMILES string of the molecule is CCCN(CC(=O)Nc1ccccc1C)C(C(=O)NC(=O)NC)c1ccccc1. The molecule has 0 heterocycles. The van der Waals surface area contributed by atoms with Gasteiger partial charge in [0.1, 0.15) is 6.04 Å². The van der Waals surface area contributed by atoms with Crippen LogP contribution < -0.4 is 16.0 Å². The molecule has 29 heavy (non-hydrogen) atoms. The van der Waals surface area contributed by atoms with Crippen LogP contribution in [0.2, 0.25) is 0 Å². The number of carbonyl (C=O) groups is 3. The lowest BCUT2D eigenvalue weighted by molar-refractivity contribution is -0.127. The fraction of sp³-hybridized carbons (Fsp3) is 0.318. The number of urea groups is 1. The van der Waals surface area contributed by atoms with Gasteiger partial charge in [0.05, 0.1) is 6.54 Å². The third-order valence-corrected chi connectivity index (χ3v) is 4.47. The first-order valence-corrected chi connectivity index (χ1v) is 9.63. The van der Waals surface area contributed by atoms with E-state index in [0.29, 0.717) is 12.1 Å². The van der Waals surface area contributed by atoms with Crippen molar-refractivity contribution in [1.82, 2.24) is 15.5 Å². The fourth-order valence-electron chi connectivity index (χ4n) is 3.08. The molecule has 0 saturated carbocycles. The summed E-state index contributed by atoms with van der Waals surface area (Å²) in [7, 11) is 1.44. The monoisotopic (exact) mass is 396 g/mol. The molecule has 3 N–H and O–H groups in total. The predicted molar refractivity (Wildman–Crippen MR) is 113 cm³/mol. The van der Waals surface area contributed by atoms with Crippen molar-refractivity contribution in [1.29, 1.82) is 0 Å². The van der Waals surface area contributed by atoms with Crippen LogP contribution in [0.15, 0.2) is 54.6 Å². The zero-order chi connectivity index (χ0) is 21.2. The van der Waals surface area contributed by atoms with Crippen molar-refractivity contribution in [3.63, 3.8) is 0 Å². The lowest BCUT2D eigenvalue weighted by Gasteiger charge is -2.30. The molecule has 0 aliphatic carbocycles. The van der Waals surface area contributed by atoms with Crippen LogP contribution in [0, 0.1) is 6.92 Å². The van der Waals surface area contributed by atoms with Gasteiger partial charge in [-0.15, -0.1) is 0 Å². The molecule has 0 radical (unpaired) electrons. The maximum atomic E-state index is 12.9. The molecule has 0 fully saturated rings. The van der Waals surface area contributed by atoms with Gasteiger partial charge in [-0.25, -0.2) is 4.79 Å². The highest BCUT2D eigenvalue weighted by Gasteiger charge is 2.29. The topological polar surface area (TPSA) is 90.5 Å². The summed E-state index contributed by atoms with van der Waals surface area (Å²) in [5, 5.41) is 7.63. The van der Waals surface area contributed by atoms with Crippen molar-refractivity contribution in [3.05, 3.63) is 65.7 Å². The Balaban J connectivity index is 2.25. The van der Waals surface area contributed by atoms with Crippen molar-refractivity contribution in [2.75, 3.05) is 25.5 Å². The number of para-hydroxylation sites is 1. The van der Waals surface area contributed by atoms with Crippen LogP contribution >= 0.6 is 0 Å². The Hall–Kier alpha value is -3.19. The Labute approximate surface area is 171 Å². The number of rotatable bonds is 8. The average molecular weight is 396 g/mol. The van der Waals surface area contributed by atoms with Crippen LogP contribution in [-0.2, 0) is 9.59 Å². The summed E-state index contributed by atoms with van der Waals surface area (Å²) >= 11 is 0. The summed E-state index contributed by atoms with van der Waals surface area (Å²) in [4.78, 5) is 39.1. The first kappa shape index (κ1) is 22.1. The summed E-state index contributed by atoms with van der Waals surface area (Å²) in [5.74, 6) is -0.700. The third kappa shape index (κ3) is 6.43. The van der Waals surface area contributed by atoms with E-state index in [9.17, 15) is 14.4 Å².